The van der Waals surface area contributed by atoms with Gasteiger partial charge in [-0.2, -0.15) is 0 Å². The molecule has 1 aliphatic rings. The lowest BCUT2D eigenvalue weighted by molar-refractivity contribution is -0.118. The van der Waals surface area contributed by atoms with Gasteiger partial charge < -0.3 is 21.1 Å². The summed E-state index contributed by atoms with van der Waals surface area (Å²) in [6.07, 6.45) is 0.479. The molecule has 0 fully saturated rings. The van der Waals surface area contributed by atoms with Gasteiger partial charge in [-0.1, -0.05) is 42.5 Å². The second-order valence-electron chi connectivity index (χ2n) is 10.4. The van der Waals surface area contributed by atoms with Crippen molar-refractivity contribution in [2.24, 2.45) is 0 Å². The van der Waals surface area contributed by atoms with E-state index in [9.17, 15) is 9.59 Å². The highest BCUT2D eigenvalue weighted by Gasteiger charge is 2.38. The zero-order valence-electron chi connectivity index (χ0n) is 21.9. The van der Waals surface area contributed by atoms with Crippen LogP contribution in [0.2, 0.25) is 0 Å². The maximum Gasteiger partial charge on any atom is 0.339 e. The van der Waals surface area contributed by atoms with Gasteiger partial charge in [-0.3, -0.25) is 4.79 Å². The van der Waals surface area contributed by atoms with Gasteiger partial charge in [-0.15, -0.1) is 0 Å². The molecule has 0 aromatic heterocycles. The van der Waals surface area contributed by atoms with Crippen molar-refractivity contribution in [1.82, 2.24) is 0 Å². The number of nitrogen functional groups attached to an aromatic ring is 2. The molecule has 0 spiro atoms. The lowest BCUT2D eigenvalue weighted by atomic mass is 9.88. The molecule has 3 aromatic carbocycles. The number of carbonyl (C=O) groups excluding carboxylic acids is 2. The maximum atomic E-state index is 13.2. The van der Waals surface area contributed by atoms with Crippen molar-refractivity contribution in [3.05, 3.63) is 76.3 Å². The number of hydrogen-bond donors (Lipinski definition) is 2. The molecular formula is C30H35N3O3. The Kier molecular flexibility index (Phi) is 6.56. The number of nitrogens with two attached hydrogens (primary N) is 2. The fraction of sp³-hybridized carbons (Fsp3) is 0.333. The third-order valence-corrected chi connectivity index (χ3v) is 6.81. The summed E-state index contributed by atoms with van der Waals surface area (Å²) >= 11 is 0. The highest BCUT2D eigenvalue weighted by atomic mass is 16.6. The van der Waals surface area contributed by atoms with Crippen LogP contribution in [-0.4, -0.2) is 24.0 Å². The lowest BCUT2D eigenvalue weighted by Gasteiger charge is -2.23. The third kappa shape index (κ3) is 4.43. The van der Waals surface area contributed by atoms with Gasteiger partial charge in [0.15, 0.2) is 0 Å². The van der Waals surface area contributed by atoms with E-state index < -0.39 is 5.60 Å². The zero-order chi connectivity index (χ0) is 26.4. The number of nitrogens with zero attached hydrogens (tertiary/aromatic N) is 1. The van der Waals surface area contributed by atoms with Gasteiger partial charge in [0.05, 0.1) is 28.5 Å². The minimum Gasteiger partial charge on any atom is -0.456 e. The zero-order valence-corrected chi connectivity index (χ0v) is 21.9. The minimum atomic E-state index is -0.621. The summed E-state index contributed by atoms with van der Waals surface area (Å²) in [6.45, 7) is 12.0. The predicted molar refractivity (Wildman–Crippen MR) is 146 cm³/mol. The highest BCUT2D eigenvalue weighted by molar-refractivity contribution is 6.10. The Labute approximate surface area is 213 Å². The van der Waals surface area contributed by atoms with Gasteiger partial charge in [0, 0.05) is 6.54 Å². The molecule has 4 N–H and O–H groups in total. The number of carbonyl (C=O) groups is 2. The van der Waals surface area contributed by atoms with Crippen LogP contribution in [0.25, 0.3) is 11.1 Å². The summed E-state index contributed by atoms with van der Waals surface area (Å²) in [7, 11) is 0. The Bertz CT molecular complexity index is 1340. The number of ether oxygens (including phenoxy) is 1. The smallest absolute Gasteiger partial charge is 0.339 e. The number of likely N-dealkylation sites (N-methyl/N-ethyl adjacent to an activating group) is 1. The van der Waals surface area contributed by atoms with Crippen LogP contribution in [-0.2, 0) is 16.0 Å². The molecule has 6 nitrogen and oxygen atoms in total. The van der Waals surface area contributed by atoms with Crippen molar-refractivity contribution in [2.45, 2.75) is 59.5 Å². The SMILES string of the molecule is CCN1C(=O)C(C)c2c(C)c(Cc3ccc(-c4ccccc4)c(C(=O)OC(C)(C)C)c3)c(N)c(N)c21. The molecule has 4 rings (SSSR count). The fourth-order valence-corrected chi connectivity index (χ4v) is 5.08. The Morgan fingerprint density at radius 2 is 1.72 bits per heavy atom. The maximum absolute atomic E-state index is 13.2. The number of fused-ring (bicyclic) bond motifs is 1. The van der Waals surface area contributed by atoms with E-state index in [2.05, 4.69) is 0 Å². The Morgan fingerprint density at radius 1 is 1.06 bits per heavy atom. The fourth-order valence-electron chi connectivity index (χ4n) is 5.08. The summed E-state index contributed by atoms with van der Waals surface area (Å²) in [6, 6.07) is 15.6. The molecule has 1 unspecified atom stereocenters. The molecule has 0 radical (unpaired) electrons. The molecule has 3 aromatic rings. The van der Waals surface area contributed by atoms with Crippen LogP contribution in [0, 0.1) is 6.92 Å². The van der Waals surface area contributed by atoms with Gasteiger partial charge in [-0.05, 0) is 87.4 Å². The first-order chi connectivity index (χ1) is 16.9. The van der Waals surface area contributed by atoms with Crippen molar-refractivity contribution in [3.63, 3.8) is 0 Å². The van der Waals surface area contributed by atoms with Gasteiger partial charge in [0.25, 0.3) is 0 Å². The average molecular weight is 486 g/mol. The number of hydrogen-bond acceptors (Lipinski definition) is 5. The Hall–Kier alpha value is -3.80. The topological polar surface area (TPSA) is 98.6 Å². The van der Waals surface area contributed by atoms with Crippen molar-refractivity contribution in [1.29, 1.82) is 0 Å². The summed E-state index contributed by atoms with van der Waals surface area (Å²) < 4.78 is 5.74. The standard InChI is InChI=1S/C30H35N3O3/c1-7-33-27-24(18(3)28(33)34)17(2)22(25(31)26(27)32)15-19-13-14-21(20-11-9-8-10-12-20)23(16-19)29(35)36-30(4,5)6/h8-14,16,18H,7,15,31-32H2,1-6H3. The molecule has 6 heteroatoms. The number of anilines is 3. The minimum absolute atomic E-state index is 0.0401. The van der Waals surface area contributed by atoms with Crippen molar-refractivity contribution < 1.29 is 14.3 Å². The quantitative estimate of drug-likeness (QED) is 0.349. The van der Waals surface area contributed by atoms with Crippen LogP contribution in [0.1, 0.15) is 73.1 Å². The van der Waals surface area contributed by atoms with Gasteiger partial charge in [-0.25, -0.2) is 4.79 Å². The van der Waals surface area contributed by atoms with E-state index in [1.54, 1.807) is 4.90 Å². The monoisotopic (exact) mass is 485 g/mol. The number of rotatable bonds is 5. The number of amides is 1. The Morgan fingerprint density at radius 3 is 2.33 bits per heavy atom. The van der Waals surface area contributed by atoms with Crippen LogP contribution in [0.5, 0.6) is 0 Å². The van der Waals surface area contributed by atoms with Gasteiger partial charge in [0.1, 0.15) is 5.60 Å². The number of benzene rings is 3. The van der Waals surface area contributed by atoms with Crippen molar-refractivity contribution in [2.75, 3.05) is 22.9 Å². The summed E-state index contributed by atoms with van der Waals surface area (Å²) in [5.74, 6) is -0.614. The number of esters is 1. The van der Waals surface area contributed by atoms with Crippen LogP contribution < -0.4 is 16.4 Å². The van der Waals surface area contributed by atoms with E-state index >= 15 is 0 Å². The van der Waals surface area contributed by atoms with Gasteiger partial charge >= 0.3 is 5.97 Å². The molecule has 36 heavy (non-hydrogen) atoms. The first kappa shape index (κ1) is 25.3. The molecule has 188 valence electrons. The third-order valence-electron chi connectivity index (χ3n) is 6.81. The average Bonchev–Trinajstić information content (AvgIpc) is 3.09. The first-order valence-electron chi connectivity index (χ1n) is 12.4. The van der Waals surface area contributed by atoms with E-state index in [4.69, 9.17) is 16.2 Å². The second kappa shape index (κ2) is 9.34. The normalized spacial score (nSPS) is 15.2. The van der Waals surface area contributed by atoms with E-state index in [0.717, 1.165) is 39.1 Å². The molecule has 0 aliphatic carbocycles. The Balaban J connectivity index is 1.82. The molecule has 0 saturated carbocycles. The molecule has 1 atom stereocenters. The second-order valence-corrected chi connectivity index (χ2v) is 10.4. The lowest BCUT2D eigenvalue weighted by Crippen LogP contribution is -2.28. The predicted octanol–water partition coefficient (Wildman–Crippen LogP) is 5.84. The molecular weight excluding hydrogens is 450 g/mol. The summed E-state index contributed by atoms with van der Waals surface area (Å²) in [4.78, 5) is 27.8. The summed E-state index contributed by atoms with van der Waals surface area (Å²) in [5, 5.41) is 0. The molecule has 1 heterocycles. The van der Waals surface area contributed by atoms with E-state index in [1.165, 1.54) is 0 Å². The van der Waals surface area contributed by atoms with Crippen LogP contribution >= 0.6 is 0 Å². The molecule has 0 bridgehead atoms. The summed E-state index contributed by atoms with van der Waals surface area (Å²) in [5.41, 5.74) is 20.1. The van der Waals surface area contributed by atoms with E-state index in [0.29, 0.717) is 29.9 Å². The van der Waals surface area contributed by atoms with Crippen molar-refractivity contribution >= 4 is 28.9 Å². The van der Waals surface area contributed by atoms with E-state index in [-0.39, 0.29) is 17.8 Å². The van der Waals surface area contributed by atoms with Crippen LogP contribution in [0.3, 0.4) is 0 Å². The molecule has 1 amide bonds. The van der Waals surface area contributed by atoms with E-state index in [1.807, 2.05) is 90.1 Å². The largest absolute Gasteiger partial charge is 0.456 e. The first-order valence-corrected chi connectivity index (χ1v) is 12.4. The van der Waals surface area contributed by atoms with Crippen LogP contribution in [0.4, 0.5) is 17.1 Å². The molecule has 0 saturated heterocycles. The van der Waals surface area contributed by atoms with Gasteiger partial charge in [0.2, 0.25) is 5.91 Å². The van der Waals surface area contributed by atoms with Crippen LogP contribution in [0.15, 0.2) is 48.5 Å². The van der Waals surface area contributed by atoms with Crippen molar-refractivity contribution in [3.8, 4) is 11.1 Å². The molecule has 1 aliphatic heterocycles. The highest BCUT2D eigenvalue weighted by Crippen LogP contribution is 2.48.